The molecular weight excluding hydrogens is 328 g/mol. The molecule has 2 amide bonds. The van der Waals surface area contributed by atoms with E-state index in [0.717, 1.165) is 36.3 Å². The number of anilines is 3. The topological polar surface area (TPSA) is 87.5 Å². The van der Waals surface area contributed by atoms with E-state index in [1.165, 1.54) is 0 Å². The first-order valence-corrected chi connectivity index (χ1v) is 8.89. The maximum absolute atomic E-state index is 12.1. The molecule has 136 valence electrons. The van der Waals surface area contributed by atoms with Crippen molar-refractivity contribution < 1.29 is 9.59 Å². The highest BCUT2D eigenvalue weighted by molar-refractivity contribution is 5.96. The van der Waals surface area contributed by atoms with Gasteiger partial charge in [0.2, 0.25) is 11.8 Å². The van der Waals surface area contributed by atoms with Gasteiger partial charge >= 0.3 is 0 Å². The number of piperidine rings is 1. The zero-order valence-electron chi connectivity index (χ0n) is 14.7. The standard InChI is InChI=1S/C20H24N4O2/c21-13-15-4-3-5-17(12-15)22-14-19(25)23-16-7-9-18(10-8-16)24-11-2-1-6-20(24)26/h3-5,7-10,12,22H,1-2,6,11,13-14,21H2,(H,23,25). The molecule has 0 bridgehead atoms. The Hall–Kier alpha value is -2.86. The lowest BCUT2D eigenvalue weighted by Gasteiger charge is -2.26. The lowest BCUT2D eigenvalue weighted by Crippen LogP contribution is -2.35. The van der Waals surface area contributed by atoms with Crippen LogP contribution in [0, 0.1) is 0 Å². The van der Waals surface area contributed by atoms with E-state index in [1.54, 1.807) is 4.90 Å². The molecule has 0 unspecified atom stereocenters. The molecule has 2 aromatic carbocycles. The molecule has 6 nitrogen and oxygen atoms in total. The Morgan fingerprint density at radius 1 is 1.08 bits per heavy atom. The van der Waals surface area contributed by atoms with Gasteiger partial charge < -0.3 is 21.3 Å². The van der Waals surface area contributed by atoms with E-state index in [9.17, 15) is 9.59 Å². The fraction of sp³-hybridized carbons (Fsp3) is 0.300. The lowest BCUT2D eigenvalue weighted by atomic mass is 10.1. The Kier molecular flexibility index (Phi) is 5.86. The van der Waals surface area contributed by atoms with E-state index >= 15 is 0 Å². The fourth-order valence-electron chi connectivity index (χ4n) is 3.00. The zero-order chi connectivity index (χ0) is 18.4. The van der Waals surface area contributed by atoms with Crippen LogP contribution in [-0.2, 0) is 16.1 Å². The van der Waals surface area contributed by atoms with Crippen molar-refractivity contribution >= 4 is 28.9 Å². The number of benzene rings is 2. The molecule has 1 fully saturated rings. The number of hydrogen-bond acceptors (Lipinski definition) is 4. The average Bonchev–Trinajstić information content (AvgIpc) is 2.68. The number of carbonyl (C=O) groups excluding carboxylic acids is 2. The number of nitrogens with two attached hydrogens (primary N) is 1. The largest absolute Gasteiger partial charge is 0.376 e. The van der Waals surface area contributed by atoms with Crippen LogP contribution in [0.5, 0.6) is 0 Å². The lowest BCUT2D eigenvalue weighted by molar-refractivity contribution is -0.119. The molecule has 0 saturated carbocycles. The van der Waals surface area contributed by atoms with E-state index in [1.807, 2.05) is 48.5 Å². The van der Waals surface area contributed by atoms with Crippen LogP contribution in [0.4, 0.5) is 17.1 Å². The molecule has 0 atom stereocenters. The SMILES string of the molecule is NCc1cccc(NCC(=O)Nc2ccc(N3CCCCC3=O)cc2)c1. The van der Waals surface area contributed by atoms with Crippen molar-refractivity contribution in [1.29, 1.82) is 0 Å². The molecule has 0 radical (unpaired) electrons. The quantitative estimate of drug-likeness (QED) is 0.746. The van der Waals surface area contributed by atoms with Crippen molar-refractivity contribution in [1.82, 2.24) is 0 Å². The molecular formula is C20H24N4O2. The van der Waals surface area contributed by atoms with Crippen LogP contribution in [0.2, 0.25) is 0 Å². The molecule has 2 aromatic rings. The Morgan fingerprint density at radius 3 is 2.62 bits per heavy atom. The highest BCUT2D eigenvalue weighted by atomic mass is 16.2. The van der Waals surface area contributed by atoms with E-state index < -0.39 is 0 Å². The Labute approximate surface area is 153 Å². The second-order valence-electron chi connectivity index (χ2n) is 6.36. The van der Waals surface area contributed by atoms with Crippen molar-refractivity contribution in [3.63, 3.8) is 0 Å². The number of nitrogens with zero attached hydrogens (tertiary/aromatic N) is 1. The van der Waals surface area contributed by atoms with Gasteiger partial charge in [-0.2, -0.15) is 0 Å². The van der Waals surface area contributed by atoms with E-state index in [4.69, 9.17) is 5.73 Å². The second-order valence-corrected chi connectivity index (χ2v) is 6.36. The zero-order valence-corrected chi connectivity index (χ0v) is 14.7. The Morgan fingerprint density at radius 2 is 1.88 bits per heavy atom. The van der Waals surface area contributed by atoms with Crippen LogP contribution in [0.25, 0.3) is 0 Å². The summed E-state index contributed by atoms with van der Waals surface area (Å²) in [5.41, 5.74) is 9.08. The second kappa shape index (κ2) is 8.49. The summed E-state index contributed by atoms with van der Waals surface area (Å²) < 4.78 is 0. The number of amides is 2. The van der Waals surface area contributed by atoms with E-state index in [2.05, 4.69) is 10.6 Å². The van der Waals surface area contributed by atoms with Crippen LogP contribution in [0.15, 0.2) is 48.5 Å². The van der Waals surface area contributed by atoms with Crippen molar-refractivity contribution in [2.45, 2.75) is 25.8 Å². The van der Waals surface area contributed by atoms with Gasteiger partial charge in [0.1, 0.15) is 0 Å². The molecule has 0 aliphatic carbocycles. The summed E-state index contributed by atoms with van der Waals surface area (Å²) >= 11 is 0. The Balaban J connectivity index is 1.53. The maximum Gasteiger partial charge on any atom is 0.243 e. The van der Waals surface area contributed by atoms with Crippen molar-refractivity contribution in [2.24, 2.45) is 5.73 Å². The molecule has 1 heterocycles. The summed E-state index contributed by atoms with van der Waals surface area (Å²) in [6, 6.07) is 15.1. The van der Waals surface area contributed by atoms with Crippen molar-refractivity contribution in [3.8, 4) is 0 Å². The molecule has 0 spiro atoms. The summed E-state index contributed by atoms with van der Waals surface area (Å²) in [5, 5.41) is 5.94. The van der Waals surface area contributed by atoms with Crippen LogP contribution in [0.1, 0.15) is 24.8 Å². The number of carbonyl (C=O) groups is 2. The summed E-state index contributed by atoms with van der Waals surface area (Å²) in [6.45, 7) is 1.39. The fourth-order valence-corrected chi connectivity index (χ4v) is 3.00. The highest BCUT2D eigenvalue weighted by Crippen LogP contribution is 2.22. The molecule has 1 saturated heterocycles. The number of hydrogen-bond donors (Lipinski definition) is 3. The first-order valence-electron chi connectivity index (χ1n) is 8.89. The minimum absolute atomic E-state index is 0.134. The molecule has 26 heavy (non-hydrogen) atoms. The highest BCUT2D eigenvalue weighted by Gasteiger charge is 2.19. The third kappa shape index (κ3) is 4.61. The molecule has 4 N–H and O–H groups in total. The third-order valence-electron chi connectivity index (χ3n) is 4.40. The first kappa shape index (κ1) is 17.9. The van der Waals surface area contributed by atoms with Gasteiger partial charge in [-0.3, -0.25) is 9.59 Å². The van der Waals surface area contributed by atoms with Crippen LogP contribution >= 0.6 is 0 Å². The average molecular weight is 352 g/mol. The van der Waals surface area contributed by atoms with Gasteiger partial charge in [-0.25, -0.2) is 0 Å². The minimum Gasteiger partial charge on any atom is -0.376 e. The summed E-state index contributed by atoms with van der Waals surface area (Å²) in [5.74, 6) is 0.0295. The van der Waals surface area contributed by atoms with Gasteiger partial charge in [-0.1, -0.05) is 12.1 Å². The Bertz CT molecular complexity index is 774. The normalized spacial score (nSPS) is 14.2. The molecule has 3 rings (SSSR count). The van der Waals surface area contributed by atoms with Gasteiger partial charge in [0.25, 0.3) is 0 Å². The third-order valence-corrected chi connectivity index (χ3v) is 4.40. The molecule has 0 aromatic heterocycles. The smallest absolute Gasteiger partial charge is 0.243 e. The van der Waals surface area contributed by atoms with Crippen molar-refractivity contribution in [3.05, 3.63) is 54.1 Å². The van der Waals surface area contributed by atoms with Gasteiger partial charge in [0, 0.05) is 36.6 Å². The summed E-state index contributed by atoms with van der Waals surface area (Å²) in [6.07, 6.45) is 2.60. The molecule has 1 aliphatic heterocycles. The van der Waals surface area contributed by atoms with Gasteiger partial charge in [0.05, 0.1) is 6.54 Å². The van der Waals surface area contributed by atoms with Crippen LogP contribution in [0.3, 0.4) is 0 Å². The van der Waals surface area contributed by atoms with E-state index in [-0.39, 0.29) is 18.4 Å². The molecule has 1 aliphatic rings. The van der Waals surface area contributed by atoms with Crippen LogP contribution < -0.4 is 21.3 Å². The maximum atomic E-state index is 12.1. The first-order chi connectivity index (χ1) is 12.7. The summed E-state index contributed by atoms with van der Waals surface area (Å²) in [4.78, 5) is 25.9. The predicted molar refractivity (Wildman–Crippen MR) is 104 cm³/mol. The van der Waals surface area contributed by atoms with Gasteiger partial charge in [-0.15, -0.1) is 0 Å². The van der Waals surface area contributed by atoms with Crippen molar-refractivity contribution in [2.75, 3.05) is 28.6 Å². The van der Waals surface area contributed by atoms with Gasteiger partial charge in [-0.05, 0) is 54.8 Å². The minimum atomic E-state index is -0.134. The number of rotatable bonds is 6. The monoisotopic (exact) mass is 352 g/mol. The summed E-state index contributed by atoms with van der Waals surface area (Å²) in [7, 11) is 0. The van der Waals surface area contributed by atoms with Crippen LogP contribution in [-0.4, -0.2) is 24.9 Å². The van der Waals surface area contributed by atoms with Gasteiger partial charge in [0.15, 0.2) is 0 Å². The predicted octanol–water partition coefficient (Wildman–Crippen LogP) is 2.71. The molecule has 6 heteroatoms. The number of nitrogens with one attached hydrogen (secondary N) is 2. The van der Waals surface area contributed by atoms with E-state index in [0.29, 0.717) is 18.7 Å².